The Morgan fingerprint density at radius 2 is 1.86 bits per heavy atom. The number of H-pyrrole nitrogens is 2. The third kappa shape index (κ3) is 3.75. The minimum atomic E-state index is -0.542. The molecule has 178 valence electrons. The summed E-state index contributed by atoms with van der Waals surface area (Å²) in [6.07, 6.45) is 3.10. The highest BCUT2D eigenvalue weighted by atomic mass is 19.1. The van der Waals surface area contributed by atoms with E-state index in [1.165, 1.54) is 6.26 Å². The molecule has 1 fully saturated rings. The standard InChI is InChI=1S/C25H22F2N6O2/c1-14-12-28-24(29-14)18-4-5-19(23(27)30-18)33-9-7-32(8-10-33)13-15-2-3-16-17-6-11-35-22(17)25(34)31-21(16)20(15)26/h2-6,11-12H,7-10,13H2,1H3,(H,28,29)(H,31,34). The topological polar surface area (TPSA) is 94.1 Å². The molecule has 35 heavy (non-hydrogen) atoms. The molecule has 0 spiro atoms. The van der Waals surface area contributed by atoms with Crippen molar-refractivity contribution in [3.63, 3.8) is 0 Å². The van der Waals surface area contributed by atoms with Crippen molar-refractivity contribution in [1.29, 1.82) is 0 Å². The molecule has 1 aliphatic heterocycles. The quantitative estimate of drug-likeness (QED) is 0.381. The second kappa shape index (κ2) is 8.31. The lowest BCUT2D eigenvalue weighted by Crippen LogP contribution is -2.46. The molecule has 0 amide bonds. The van der Waals surface area contributed by atoms with Gasteiger partial charge in [-0.2, -0.15) is 4.39 Å². The fraction of sp³-hybridized carbons (Fsp3) is 0.240. The van der Waals surface area contributed by atoms with Crippen LogP contribution in [0.2, 0.25) is 0 Å². The summed E-state index contributed by atoms with van der Waals surface area (Å²) < 4.78 is 35.3. The average molecular weight is 476 g/mol. The number of anilines is 1. The number of fused-ring (bicyclic) bond motifs is 3. The van der Waals surface area contributed by atoms with Crippen LogP contribution in [0.15, 0.2) is 52.0 Å². The molecular weight excluding hydrogens is 454 g/mol. The molecule has 0 unspecified atom stereocenters. The van der Waals surface area contributed by atoms with Gasteiger partial charge in [0, 0.05) is 61.0 Å². The molecule has 10 heteroatoms. The number of benzene rings is 1. The van der Waals surface area contributed by atoms with Crippen LogP contribution in [0.25, 0.3) is 33.4 Å². The third-order valence-electron chi connectivity index (χ3n) is 6.50. The van der Waals surface area contributed by atoms with Gasteiger partial charge in [-0.15, -0.1) is 0 Å². The van der Waals surface area contributed by atoms with Crippen molar-refractivity contribution in [3.05, 3.63) is 76.2 Å². The van der Waals surface area contributed by atoms with Crippen LogP contribution >= 0.6 is 0 Å². The highest BCUT2D eigenvalue weighted by molar-refractivity contribution is 6.03. The predicted octanol–water partition coefficient (Wildman–Crippen LogP) is 3.97. The van der Waals surface area contributed by atoms with Crippen LogP contribution < -0.4 is 10.5 Å². The van der Waals surface area contributed by atoms with Crippen molar-refractivity contribution in [2.24, 2.45) is 0 Å². The first kappa shape index (κ1) is 21.5. The fourth-order valence-electron chi connectivity index (χ4n) is 4.68. The number of hydrogen-bond acceptors (Lipinski definition) is 6. The summed E-state index contributed by atoms with van der Waals surface area (Å²) in [6.45, 7) is 4.69. The normalized spacial score (nSPS) is 14.9. The van der Waals surface area contributed by atoms with Crippen molar-refractivity contribution >= 4 is 27.6 Å². The first-order valence-corrected chi connectivity index (χ1v) is 11.3. The zero-order chi connectivity index (χ0) is 24.1. The molecule has 1 aliphatic rings. The molecule has 5 aromatic rings. The van der Waals surface area contributed by atoms with E-state index < -0.39 is 17.3 Å². The highest BCUT2D eigenvalue weighted by Gasteiger charge is 2.22. The van der Waals surface area contributed by atoms with Crippen molar-refractivity contribution in [2.45, 2.75) is 13.5 Å². The summed E-state index contributed by atoms with van der Waals surface area (Å²) in [4.78, 5) is 30.2. The van der Waals surface area contributed by atoms with Crippen LogP contribution in [0, 0.1) is 18.7 Å². The van der Waals surface area contributed by atoms with Gasteiger partial charge in [0.25, 0.3) is 5.56 Å². The van der Waals surface area contributed by atoms with Crippen molar-refractivity contribution in [1.82, 2.24) is 24.8 Å². The smallest absolute Gasteiger partial charge is 0.292 e. The maximum atomic E-state index is 15.3. The summed E-state index contributed by atoms with van der Waals surface area (Å²) >= 11 is 0. The number of nitrogens with one attached hydrogen (secondary N) is 2. The Morgan fingerprint density at radius 1 is 1.03 bits per heavy atom. The van der Waals surface area contributed by atoms with E-state index in [-0.39, 0.29) is 11.1 Å². The molecule has 6 rings (SSSR count). The van der Waals surface area contributed by atoms with Gasteiger partial charge in [-0.1, -0.05) is 12.1 Å². The Hall–Kier alpha value is -4.05. The van der Waals surface area contributed by atoms with E-state index >= 15 is 4.39 Å². The maximum absolute atomic E-state index is 15.3. The van der Waals surface area contributed by atoms with Crippen LogP contribution in [0.5, 0.6) is 0 Å². The van der Waals surface area contributed by atoms with Gasteiger partial charge in [0.2, 0.25) is 5.95 Å². The summed E-state index contributed by atoms with van der Waals surface area (Å²) in [5.41, 5.74) is 2.19. The van der Waals surface area contributed by atoms with Gasteiger partial charge in [0.1, 0.15) is 5.69 Å². The van der Waals surface area contributed by atoms with Gasteiger partial charge in [0.15, 0.2) is 17.2 Å². The number of rotatable bonds is 4. The Balaban J connectivity index is 1.17. The van der Waals surface area contributed by atoms with Gasteiger partial charge < -0.3 is 19.3 Å². The average Bonchev–Trinajstić information content (AvgIpc) is 3.52. The summed E-state index contributed by atoms with van der Waals surface area (Å²) in [6, 6.07) is 8.70. The number of nitrogens with zero attached hydrogens (tertiary/aromatic N) is 4. The minimum absolute atomic E-state index is 0.181. The Morgan fingerprint density at radius 3 is 2.60 bits per heavy atom. The molecular formula is C25H22F2N6O2. The van der Waals surface area contributed by atoms with Crippen LogP contribution in [0.1, 0.15) is 11.3 Å². The summed E-state index contributed by atoms with van der Waals surface area (Å²) in [7, 11) is 0. The molecule has 2 N–H and O–H groups in total. The molecule has 8 nitrogen and oxygen atoms in total. The number of aromatic amines is 2. The van der Waals surface area contributed by atoms with Gasteiger partial charge >= 0.3 is 0 Å². The van der Waals surface area contributed by atoms with E-state index in [4.69, 9.17) is 4.42 Å². The van der Waals surface area contributed by atoms with Crippen molar-refractivity contribution < 1.29 is 13.2 Å². The monoisotopic (exact) mass is 476 g/mol. The summed E-state index contributed by atoms with van der Waals surface area (Å²) in [5, 5.41) is 1.20. The van der Waals surface area contributed by atoms with E-state index in [0.29, 0.717) is 66.3 Å². The SMILES string of the molecule is Cc1cnc(-c2ccc(N3CCN(Cc4ccc5c([nH]c(=O)c6occc65)c4F)CC3)c(F)n2)[nH]1. The molecule has 0 aliphatic carbocycles. The highest BCUT2D eigenvalue weighted by Crippen LogP contribution is 2.27. The lowest BCUT2D eigenvalue weighted by atomic mass is 10.1. The van der Waals surface area contributed by atoms with Crippen molar-refractivity contribution in [2.75, 3.05) is 31.1 Å². The molecule has 4 aromatic heterocycles. The molecule has 1 saturated heterocycles. The molecule has 0 saturated carbocycles. The third-order valence-corrected chi connectivity index (χ3v) is 6.50. The van der Waals surface area contributed by atoms with Gasteiger partial charge in [-0.3, -0.25) is 9.69 Å². The van der Waals surface area contributed by atoms with Crippen molar-refractivity contribution in [3.8, 4) is 11.5 Å². The van der Waals surface area contributed by atoms with Gasteiger partial charge in [-0.25, -0.2) is 14.4 Å². The number of halogens is 2. The van der Waals surface area contributed by atoms with E-state index in [1.54, 1.807) is 36.5 Å². The number of imidazole rings is 1. The van der Waals surface area contributed by atoms with Crippen LogP contribution in [0.4, 0.5) is 14.5 Å². The molecule has 0 atom stereocenters. The maximum Gasteiger partial charge on any atom is 0.292 e. The second-order valence-corrected chi connectivity index (χ2v) is 8.76. The Labute approximate surface area is 198 Å². The number of pyridine rings is 2. The van der Waals surface area contributed by atoms with Crippen LogP contribution in [-0.2, 0) is 6.54 Å². The first-order chi connectivity index (χ1) is 17.0. The van der Waals surface area contributed by atoms with E-state index in [1.807, 2.05) is 11.8 Å². The Kier molecular flexibility index (Phi) is 5.10. The summed E-state index contributed by atoms with van der Waals surface area (Å²) in [5.74, 6) is -0.450. The predicted molar refractivity (Wildman–Crippen MR) is 128 cm³/mol. The molecule has 5 heterocycles. The molecule has 0 radical (unpaired) electrons. The van der Waals surface area contributed by atoms with Gasteiger partial charge in [-0.05, 0) is 25.1 Å². The number of hydrogen-bond donors (Lipinski definition) is 2. The van der Waals surface area contributed by atoms with E-state index in [0.717, 1.165) is 5.69 Å². The fourth-order valence-corrected chi connectivity index (χ4v) is 4.68. The number of aromatic nitrogens is 4. The minimum Gasteiger partial charge on any atom is -0.459 e. The Bertz CT molecular complexity index is 1610. The van der Waals surface area contributed by atoms with Crippen LogP contribution in [0.3, 0.4) is 0 Å². The number of aryl methyl sites for hydroxylation is 1. The zero-order valence-corrected chi connectivity index (χ0v) is 18.9. The van der Waals surface area contributed by atoms with E-state index in [9.17, 15) is 9.18 Å². The lowest BCUT2D eigenvalue weighted by molar-refractivity contribution is 0.246. The zero-order valence-electron chi connectivity index (χ0n) is 18.9. The number of piperazine rings is 1. The van der Waals surface area contributed by atoms with Crippen LogP contribution in [-0.4, -0.2) is 51.0 Å². The lowest BCUT2D eigenvalue weighted by Gasteiger charge is -2.36. The largest absolute Gasteiger partial charge is 0.459 e. The van der Waals surface area contributed by atoms with E-state index in [2.05, 4.69) is 24.8 Å². The molecule has 1 aromatic carbocycles. The second-order valence-electron chi connectivity index (χ2n) is 8.76. The van der Waals surface area contributed by atoms with Gasteiger partial charge in [0.05, 0.1) is 17.5 Å². The molecule has 0 bridgehead atoms. The first-order valence-electron chi connectivity index (χ1n) is 11.3. The number of furan rings is 1.